The van der Waals surface area contributed by atoms with Crippen molar-refractivity contribution in [2.24, 2.45) is 0 Å². The van der Waals surface area contributed by atoms with Crippen LogP contribution in [0.5, 0.6) is 0 Å². The summed E-state index contributed by atoms with van der Waals surface area (Å²) in [6, 6.07) is 1.87. The van der Waals surface area contributed by atoms with Crippen molar-refractivity contribution in [2.45, 2.75) is 44.2 Å². The smallest absolute Gasteiger partial charge is 0.271 e. The van der Waals surface area contributed by atoms with Crippen molar-refractivity contribution in [1.29, 1.82) is 0 Å². The van der Waals surface area contributed by atoms with Crippen molar-refractivity contribution in [1.82, 2.24) is 15.1 Å². The highest BCUT2D eigenvalue weighted by Crippen LogP contribution is 2.23. The van der Waals surface area contributed by atoms with Gasteiger partial charge in [0.25, 0.3) is 5.91 Å². The highest BCUT2D eigenvalue weighted by atomic mass is 16.5. The Morgan fingerprint density at radius 2 is 2.30 bits per heavy atom. The third-order valence-electron chi connectivity index (χ3n) is 4.20. The second-order valence-corrected chi connectivity index (χ2v) is 5.69. The van der Waals surface area contributed by atoms with Crippen molar-refractivity contribution in [2.75, 3.05) is 19.8 Å². The number of aromatic nitrogens is 2. The zero-order chi connectivity index (χ0) is 14.0. The fourth-order valence-corrected chi connectivity index (χ4v) is 2.87. The second kappa shape index (κ2) is 5.54. The number of hydrogen-bond donors (Lipinski definition) is 2. The predicted molar refractivity (Wildman–Crippen MR) is 72.5 cm³/mol. The van der Waals surface area contributed by atoms with Gasteiger partial charge in [0, 0.05) is 32.0 Å². The quantitative estimate of drug-likeness (QED) is 0.841. The Bertz CT molecular complexity index is 470. The molecule has 2 N–H and O–H groups in total. The van der Waals surface area contributed by atoms with Gasteiger partial charge >= 0.3 is 0 Å². The Hall–Kier alpha value is -1.40. The minimum atomic E-state index is -0.693. The lowest BCUT2D eigenvalue weighted by Gasteiger charge is -2.31. The van der Waals surface area contributed by atoms with E-state index >= 15 is 0 Å². The number of hydrogen-bond acceptors (Lipinski definition) is 4. The molecule has 0 saturated carbocycles. The van der Waals surface area contributed by atoms with Crippen LogP contribution in [-0.2, 0) is 17.7 Å². The maximum absolute atomic E-state index is 12.0. The summed E-state index contributed by atoms with van der Waals surface area (Å²) >= 11 is 0. The minimum Gasteiger partial charge on any atom is -0.390 e. The standard InChI is InChI=1S/C14H21N3O3/c18-13(12-10-11-2-1-7-17(11)16-12)15-6-3-14(19)4-8-20-9-5-14/h10,19H,1-9H2,(H,15,18). The van der Waals surface area contributed by atoms with Gasteiger partial charge in [-0.2, -0.15) is 5.10 Å². The molecule has 1 amide bonds. The maximum atomic E-state index is 12.0. The average Bonchev–Trinajstić information content (AvgIpc) is 2.99. The molecule has 0 aliphatic carbocycles. The van der Waals surface area contributed by atoms with Gasteiger partial charge in [-0.05, 0) is 38.2 Å². The molecule has 6 nitrogen and oxygen atoms in total. The van der Waals surface area contributed by atoms with Crippen molar-refractivity contribution in [3.63, 3.8) is 0 Å². The second-order valence-electron chi connectivity index (χ2n) is 5.69. The number of ether oxygens (including phenoxy) is 1. The summed E-state index contributed by atoms with van der Waals surface area (Å²) in [6.45, 7) is 2.57. The lowest BCUT2D eigenvalue weighted by Crippen LogP contribution is -2.39. The first-order valence-corrected chi connectivity index (χ1v) is 7.31. The van der Waals surface area contributed by atoms with Crippen LogP contribution < -0.4 is 5.32 Å². The van der Waals surface area contributed by atoms with Gasteiger partial charge in [0.1, 0.15) is 5.69 Å². The van der Waals surface area contributed by atoms with E-state index in [4.69, 9.17) is 4.74 Å². The third kappa shape index (κ3) is 2.86. The summed E-state index contributed by atoms with van der Waals surface area (Å²) in [5, 5.41) is 17.4. The summed E-state index contributed by atoms with van der Waals surface area (Å²) < 4.78 is 7.14. The zero-order valence-electron chi connectivity index (χ0n) is 11.6. The monoisotopic (exact) mass is 279 g/mol. The topological polar surface area (TPSA) is 76.4 Å². The summed E-state index contributed by atoms with van der Waals surface area (Å²) in [5.74, 6) is -0.150. The van der Waals surface area contributed by atoms with Crippen LogP contribution in [0.3, 0.4) is 0 Å². The zero-order valence-corrected chi connectivity index (χ0v) is 11.6. The Morgan fingerprint density at radius 3 is 3.05 bits per heavy atom. The molecule has 2 aliphatic heterocycles. The van der Waals surface area contributed by atoms with Gasteiger partial charge in [-0.3, -0.25) is 9.48 Å². The number of nitrogens with zero attached hydrogens (tertiary/aromatic N) is 2. The highest BCUT2D eigenvalue weighted by molar-refractivity contribution is 5.92. The number of fused-ring (bicyclic) bond motifs is 1. The van der Waals surface area contributed by atoms with E-state index in [-0.39, 0.29) is 5.91 Å². The van der Waals surface area contributed by atoms with Crippen LogP contribution in [0.15, 0.2) is 6.07 Å². The van der Waals surface area contributed by atoms with E-state index < -0.39 is 5.60 Å². The molecule has 3 heterocycles. The fourth-order valence-electron chi connectivity index (χ4n) is 2.87. The molecule has 0 spiro atoms. The molecule has 0 bridgehead atoms. The first kappa shape index (κ1) is 13.6. The molecular weight excluding hydrogens is 258 g/mol. The molecule has 1 saturated heterocycles. The maximum Gasteiger partial charge on any atom is 0.271 e. The van der Waals surface area contributed by atoms with Crippen LogP contribution in [0.1, 0.15) is 41.9 Å². The first-order valence-electron chi connectivity index (χ1n) is 7.31. The molecule has 0 radical (unpaired) electrons. The van der Waals surface area contributed by atoms with Crippen LogP contribution in [0, 0.1) is 0 Å². The van der Waals surface area contributed by atoms with Crippen LogP contribution >= 0.6 is 0 Å². The molecule has 0 unspecified atom stereocenters. The Labute approximate surface area is 118 Å². The van der Waals surface area contributed by atoms with Crippen molar-refractivity contribution in [3.8, 4) is 0 Å². The average molecular weight is 279 g/mol. The van der Waals surface area contributed by atoms with E-state index in [9.17, 15) is 9.90 Å². The highest BCUT2D eigenvalue weighted by Gasteiger charge is 2.29. The summed E-state index contributed by atoms with van der Waals surface area (Å²) in [7, 11) is 0. The molecule has 2 aliphatic rings. The van der Waals surface area contributed by atoms with E-state index in [0.29, 0.717) is 44.7 Å². The predicted octanol–water partition coefficient (Wildman–Crippen LogP) is 0.491. The minimum absolute atomic E-state index is 0.150. The summed E-state index contributed by atoms with van der Waals surface area (Å²) in [5.41, 5.74) is 0.929. The van der Waals surface area contributed by atoms with Gasteiger partial charge in [0.05, 0.1) is 5.60 Å². The van der Waals surface area contributed by atoms with Crippen molar-refractivity contribution in [3.05, 3.63) is 17.5 Å². The molecule has 1 fully saturated rings. The number of aryl methyl sites for hydroxylation is 2. The van der Waals surface area contributed by atoms with Crippen LogP contribution in [0.2, 0.25) is 0 Å². The van der Waals surface area contributed by atoms with Crippen molar-refractivity contribution < 1.29 is 14.6 Å². The molecule has 1 aromatic heterocycles. The molecular formula is C14H21N3O3. The van der Waals surface area contributed by atoms with Crippen LogP contribution in [0.4, 0.5) is 0 Å². The number of carbonyl (C=O) groups is 1. The largest absolute Gasteiger partial charge is 0.390 e. The third-order valence-corrected chi connectivity index (χ3v) is 4.20. The Morgan fingerprint density at radius 1 is 1.50 bits per heavy atom. The van der Waals surface area contributed by atoms with Gasteiger partial charge in [-0.25, -0.2) is 0 Å². The number of aliphatic hydroxyl groups is 1. The molecule has 110 valence electrons. The molecule has 6 heteroatoms. The lowest BCUT2D eigenvalue weighted by atomic mass is 9.91. The Balaban J connectivity index is 1.49. The molecule has 1 aromatic rings. The SMILES string of the molecule is O=C(NCCC1(O)CCOCC1)c1cc2n(n1)CCC2. The first-order chi connectivity index (χ1) is 9.66. The number of amides is 1. The summed E-state index contributed by atoms with van der Waals surface area (Å²) in [4.78, 5) is 12.0. The Kier molecular flexibility index (Phi) is 3.76. The van der Waals surface area contributed by atoms with E-state index in [2.05, 4.69) is 10.4 Å². The molecule has 0 atom stereocenters. The van der Waals surface area contributed by atoms with E-state index in [1.54, 1.807) is 0 Å². The molecule has 3 rings (SSSR count). The normalized spacial score (nSPS) is 20.6. The number of rotatable bonds is 4. The van der Waals surface area contributed by atoms with E-state index in [1.165, 1.54) is 0 Å². The molecule has 20 heavy (non-hydrogen) atoms. The number of carbonyl (C=O) groups excluding carboxylic acids is 1. The summed E-state index contributed by atoms with van der Waals surface area (Å²) in [6.07, 6.45) is 3.96. The number of nitrogens with one attached hydrogen (secondary N) is 1. The fraction of sp³-hybridized carbons (Fsp3) is 0.714. The molecule has 0 aromatic carbocycles. The van der Waals surface area contributed by atoms with E-state index in [0.717, 1.165) is 25.1 Å². The van der Waals surface area contributed by atoms with Crippen LogP contribution in [-0.4, -0.2) is 46.2 Å². The van der Waals surface area contributed by atoms with Gasteiger partial charge in [0.2, 0.25) is 0 Å². The lowest BCUT2D eigenvalue weighted by molar-refractivity contribution is -0.0670. The van der Waals surface area contributed by atoms with Gasteiger partial charge in [0.15, 0.2) is 0 Å². The van der Waals surface area contributed by atoms with E-state index in [1.807, 2.05) is 10.7 Å². The van der Waals surface area contributed by atoms with Gasteiger partial charge in [-0.1, -0.05) is 0 Å². The van der Waals surface area contributed by atoms with Crippen LogP contribution in [0.25, 0.3) is 0 Å². The van der Waals surface area contributed by atoms with Gasteiger partial charge in [-0.15, -0.1) is 0 Å². The van der Waals surface area contributed by atoms with Gasteiger partial charge < -0.3 is 15.2 Å². The van der Waals surface area contributed by atoms with Crippen molar-refractivity contribution >= 4 is 5.91 Å².